The van der Waals surface area contributed by atoms with Gasteiger partial charge in [0, 0.05) is 28.5 Å². The lowest BCUT2D eigenvalue weighted by Crippen LogP contribution is -2.47. The average Bonchev–Trinajstić information content (AvgIpc) is 2.98. The van der Waals surface area contributed by atoms with E-state index in [1.165, 1.54) is 18.4 Å². The zero-order chi connectivity index (χ0) is 28.1. The Morgan fingerprint density at radius 1 is 0.800 bits per heavy atom. The first-order valence-electron chi connectivity index (χ1n) is 14.4. The molecular formula is C36H38N2O2. The number of fused-ring (bicyclic) bond motifs is 1. The number of rotatable bonds is 8. The number of hydrogen-bond donors (Lipinski definition) is 0. The molecule has 40 heavy (non-hydrogen) atoms. The van der Waals surface area contributed by atoms with Gasteiger partial charge in [-0.15, -0.1) is 0 Å². The number of carbonyl (C=O) groups is 2. The van der Waals surface area contributed by atoms with Gasteiger partial charge >= 0.3 is 0 Å². The lowest BCUT2D eigenvalue weighted by atomic mass is 9.89. The number of unbranched alkanes of at least 4 members (excludes halogenated alkanes) is 2. The molecular weight excluding hydrogens is 492 g/mol. The fourth-order valence-corrected chi connectivity index (χ4v) is 5.73. The van der Waals surface area contributed by atoms with Crippen LogP contribution >= 0.6 is 0 Å². The second-order valence-corrected chi connectivity index (χ2v) is 10.9. The van der Waals surface area contributed by atoms with Crippen LogP contribution < -0.4 is 9.80 Å². The highest BCUT2D eigenvalue weighted by molar-refractivity contribution is 6.09. The highest BCUT2D eigenvalue weighted by Gasteiger charge is 2.39. The maximum Gasteiger partial charge on any atom is 0.258 e. The van der Waals surface area contributed by atoms with E-state index >= 15 is 0 Å². The molecule has 4 aromatic carbocycles. The summed E-state index contributed by atoms with van der Waals surface area (Å²) in [6.45, 7) is 6.31. The van der Waals surface area contributed by atoms with E-state index in [-0.39, 0.29) is 23.9 Å². The van der Waals surface area contributed by atoms with Crippen molar-refractivity contribution in [2.24, 2.45) is 0 Å². The minimum atomic E-state index is -0.215. The third kappa shape index (κ3) is 5.72. The summed E-state index contributed by atoms with van der Waals surface area (Å²) in [5.41, 5.74) is 6.41. The number of nitrogens with zero attached hydrogens (tertiary/aromatic N) is 2. The SMILES string of the molecule is CCCCCc1ccc(C(=O)N(c2ccccc2)[C@@H]2C[C@H](C)N(C(=O)c3ccc(C)cc3)c3ccccc32)cc1. The van der Waals surface area contributed by atoms with E-state index in [1.54, 1.807) is 0 Å². The molecule has 2 amide bonds. The molecule has 204 valence electrons. The Labute approximate surface area is 238 Å². The van der Waals surface area contributed by atoms with Crippen molar-refractivity contribution >= 4 is 23.2 Å². The van der Waals surface area contributed by atoms with E-state index in [4.69, 9.17) is 0 Å². The Kier molecular flexibility index (Phi) is 8.45. The van der Waals surface area contributed by atoms with Gasteiger partial charge in [-0.2, -0.15) is 0 Å². The van der Waals surface area contributed by atoms with Crippen molar-refractivity contribution < 1.29 is 9.59 Å². The molecule has 1 aliphatic heterocycles. The molecule has 0 radical (unpaired) electrons. The van der Waals surface area contributed by atoms with Crippen molar-refractivity contribution in [3.8, 4) is 0 Å². The number of carbonyl (C=O) groups excluding carboxylic acids is 2. The van der Waals surface area contributed by atoms with Gasteiger partial charge in [0.2, 0.25) is 0 Å². The van der Waals surface area contributed by atoms with E-state index in [2.05, 4.69) is 32.0 Å². The molecule has 4 heteroatoms. The van der Waals surface area contributed by atoms with Gasteiger partial charge in [-0.3, -0.25) is 9.59 Å². The quantitative estimate of drug-likeness (QED) is 0.214. The van der Waals surface area contributed by atoms with Crippen molar-refractivity contribution in [1.82, 2.24) is 0 Å². The number of benzene rings is 4. The van der Waals surface area contributed by atoms with Crippen LogP contribution in [-0.4, -0.2) is 17.9 Å². The molecule has 4 aromatic rings. The standard InChI is InChI=1S/C36H38N2O2/c1-4-5-7-12-28-19-23-30(24-20-28)36(40)38(31-13-8-6-9-14-31)34-25-27(3)37(33-16-11-10-15-32(33)34)35(39)29-21-17-26(2)18-22-29/h6,8-11,13-24,27,34H,4-5,7,12,25H2,1-3H3/t27-,34+/m0/s1. The summed E-state index contributed by atoms with van der Waals surface area (Å²) in [6, 6.07) is 33.4. The Morgan fingerprint density at radius 3 is 2.15 bits per heavy atom. The second kappa shape index (κ2) is 12.3. The van der Waals surface area contributed by atoms with E-state index < -0.39 is 0 Å². The summed E-state index contributed by atoms with van der Waals surface area (Å²) >= 11 is 0. The highest BCUT2D eigenvalue weighted by Crippen LogP contribution is 2.43. The van der Waals surface area contributed by atoms with E-state index in [0.717, 1.165) is 35.3 Å². The zero-order valence-electron chi connectivity index (χ0n) is 23.7. The van der Waals surface area contributed by atoms with Crippen LogP contribution in [0.5, 0.6) is 0 Å². The van der Waals surface area contributed by atoms with Gasteiger partial charge in [0.1, 0.15) is 0 Å². The molecule has 0 bridgehead atoms. The molecule has 0 fully saturated rings. The third-order valence-electron chi connectivity index (χ3n) is 7.91. The van der Waals surface area contributed by atoms with Gasteiger partial charge in [-0.25, -0.2) is 0 Å². The van der Waals surface area contributed by atoms with E-state index in [0.29, 0.717) is 17.5 Å². The summed E-state index contributed by atoms with van der Waals surface area (Å²) in [4.78, 5) is 31.8. The highest BCUT2D eigenvalue weighted by atomic mass is 16.2. The summed E-state index contributed by atoms with van der Waals surface area (Å²) in [5, 5.41) is 0. The first-order chi connectivity index (χ1) is 19.5. The minimum absolute atomic E-state index is 0.0188. The number of anilines is 2. The molecule has 1 heterocycles. The van der Waals surface area contributed by atoms with Crippen molar-refractivity contribution in [3.05, 3.63) is 131 Å². The zero-order valence-corrected chi connectivity index (χ0v) is 23.7. The van der Waals surface area contributed by atoms with Gasteiger partial charge in [-0.1, -0.05) is 86.0 Å². The smallest absolute Gasteiger partial charge is 0.258 e. The van der Waals surface area contributed by atoms with Crippen LogP contribution in [0.3, 0.4) is 0 Å². The Morgan fingerprint density at radius 2 is 1.45 bits per heavy atom. The van der Waals surface area contributed by atoms with Crippen LogP contribution in [0, 0.1) is 6.92 Å². The monoisotopic (exact) mass is 530 g/mol. The molecule has 0 spiro atoms. The number of para-hydroxylation sites is 2. The lowest BCUT2D eigenvalue weighted by molar-refractivity contribution is 0.0965. The summed E-state index contributed by atoms with van der Waals surface area (Å²) < 4.78 is 0. The Bertz CT molecular complexity index is 1440. The molecule has 0 aromatic heterocycles. The summed E-state index contributed by atoms with van der Waals surface area (Å²) in [5.74, 6) is -0.0497. The third-order valence-corrected chi connectivity index (χ3v) is 7.91. The van der Waals surface area contributed by atoms with Crippen LogP contribution in [0.2, 0.25) is 0 Å². The van der Waals surface area contributed by atoms with Gasteiger partial charge in [0.05, 0.1) is 6.04 Å². The second-order valence-electron chi connectivity index (χ2n) is 10.9. The van der Waals surface area contributed by atoms with Gasteiger partial charge in [-0.05, 0) is 86.7 Å². The molecule has 0 saturated heterocycles. The molecule has 0 saturated carbocycles. The van der Waals surface area contributed by atoms with Gasteiger partial charge in [0.15, 0.2) is 0 Å². The minimum Gasteiger partial charge on any atom is -0.305 e. The number of amides is 2. The van der Waals surface area contributed by atoms with E-state index in [9.17, 15) is 9.59 Å². The Balaban J connectivity index is 1.52. The molecule has 0 N–H and O–H groups in total. The van der Waals surface area contributed by atoms with Crippen molar-refractivity contribution in [2.45, 2.75) is 65.0 Å². The van der Waals surface area contributed by atoms with Crippen molar-refractivity contribution in [3.63, 3.8) is 0 Å². The summed E-state index contributed by atoms with van der Waals surface area (Å²) in [7, 11) is 0. The average molecular weight is 531 g/mol. The first-order valence-corrected chi connectivity index (χ1v) is 14.4. The number of hydrogen-bond acceptors (Lipinski definition) is 2. The predicted octanol–water partition coefficient (Wildman–Crippen LogP) is 8.55. The summed E-state index contributed by atoms with van der Waals surface area (Å²) in [6.07, 6.45) is 5.23. The molecule has 4 nitrogen and oxygen atoms in total. The first kappa shape index (κ1) is 27.4. The fraction of sp³-hybridized carbons (Fsp3) is 0.278. The van der Waals surface area contributed by atoms with Crippen LogP contribution in [0.25, 0.3) is 0 Å². The molecule has 1 aliphatic rings. The van der Waals surface area contributed by atoms with Crippen LogP contribution in [-0.2, 0) is 6.42 Å². The predicted molar refractivity (Wildman–Crippen MR) is 164 cm³/mol. The van der Waals surface area contributed by atoms with Gasteiger partial charge < -0.3 is 9.80 Å². The van der Waals surface area contributed by atoms with Crippen molar-refractivity contribution in [2.75, 3.05) is 9.80 Å². The Hall–Kier alpha value is -4.18. The molecule has 0 unspecified atom stereocenters. The number of aryl methyl sites for hydroxylation is 2. The molecule has 2 atom stereocenters. The van der Waals surface area contributed by atoms with Gasteiger partial charge in [0.25, 0.3) is 11.8 Å². The lowest BCUT2D eigenvalue weighted by Gasteiger charge is -2.43. The van der Waals surface area contributed by atoms with Crippen LogP contribution in [0.15, 0.2) is 103 Å². The normalized spacial score (nSPS) is 16.3. The van der Waals surface area contributed by atoms with E-state index in [1.807, 2.05) is 102 Å². The molecule has 5 rings (SSSR count). The van der Waals surface area contributed by atoms with Crippen LogP contribution in [0.1, 0.15) is 83.0 Å². The largest absolute Gasteiger partial charge is 0.305 e. The van der Waals surface area contributed by atoms with Crippen LogP contribution in [0.4, 0.5) is 11.4 Å². The topological polar surface area (TPSA) is 40.6 Å². The maximum atomic E-state index is 14.2. The molecule has 0 aliphatic carbocycles. The maximum absolute atomic E-state index is 14.2. The van der Waals surface area contributed by atoms with Crippen molar-refractivity contribution in [1.29, 1.82) is 0 Å². The fourth-order valence-electron chi connectivity index (χ4n) is 5.73.